The van der Waals surface area contributed by atoms with Gasteiger partial charge in [-0.2, -0.15) is 0 Å². The zero-order valence-corrected chi connectivity index (χ0v) is 16.6. The number of aromatic nitrogens is 2. The molecule has 1 aromatic heterocycles. The molecule has 0 fully saturated rings. The van der Waals surface area contributed by atoms with E-state index in [1.807, 2.05) is 50.2 Å². The molecule has 0 aliphatic carbocycles. The van der Waals surface area contributed by atoms with Crippen LogP contribution >= 0.6 is 0 Å². The van der Waals surface area contributed by atoms with E-state index in [-0.39, 0.29) is 12.7 Å². The van der Waals surface area contributed by atoms with Crippen LogP contribution in [0.25, 0.3) is 0 Å². The van der Waals surface area contributed by atoms with Crippen LogP contribution in [-0.4, -0.2) is 22.7 Å². The molecule has 3 aromatic rings. The van der Waals surface area contributed by atoms with Crippen molar-refractivity contribution in [3.05, 3.63) is 70.7 Å². The maximum atomic E-state index is 12.7. The third kappa shape index (κ3) is 4.29. The minimum absolute atomic E-state index is 0.246. The fourth-order valence-corrected chi connectivity index (χ4v) is 3.16. The molecule has 1 amide bonds. The molecule has 1 aliphatic rings. The highest BCUT2D eigenvalue weighted by molar-refractivity contribution is 6.03. The molecule has 0 saturated carbocycles. The van der Waals surface area contributed by atoms with Gasteiger partial charge in [-0.15, -0.1) is 0 Å². The van der Waals surface area contributed by atoms with E-state index < -0.39 is 0 Å². The van der Waals surface area contributed by atoms with Gasteiger partial charge in [-0.25, -0.2) is 9.97 Å². The third-order valence-corrected chi connectivity index (χ3v) is 4.61. The monoisotopic (exact) mass is 390 g/mol. The molecule has 148 valence electrons. The maximum absolute atomic E-state index is 12.7. The predicted octanol–water partition coefficient (Wildman–Crippen LogP) is 3.99. The van der Waals surface area contributed by atoms with E-state index in [0.29, 0.717) is 23.9 Å². The summed E-state index contributed by atoms with van der Waals surface area (Å²) in [6.45, 7) is 6.53. The Morgan fingerprint density at radius 3 is 2.66 bits per heavy atom. The maximum Gasteiger partial charge on any atom is 0.274 e. The van der Waals surface area contributed by atoms with Crippen LogP contribution in [0.1, 0.15) is 33.0 Å². The average molecular weight is 390 g/mol. The Kier molecular flexibility index (Phi) is 5.03. The zero-order chi connectivity index (χ0) is 20.4. The van der Waals surface area contributed by atoms with Gasteiger partial charge in [-0.3, -0.25) is 4.79 Å². The first-order chi connectivity index (χ1) is 14.0. The number of carbonyl (C=O) groups is 1. The molecule has 0 radical (unpaired) electrons. The molecule has 0 bridgehead atoms. The first kappa shape index (κ1) is 18.7. The van der Waals surface area contributed by atoms with Gasteiger partial charge in [0.1, 0.15) is 17.3 Å². The fraction of sp³-hybridized carbons (Fsp3) is 0.227. The van der Waals surface area contributed by atoms with Crippen molar-refractivity contribution in [2.75, 3.05) is 17.4 Å². The molecule has 1 aliphatic heterocycles. The minimum atomic E-state index is -0.270. The number of amides is 1. The number of ether oxygens (including phenoxy) is 2. The lowest BCUT2D eigenvalue weighted by Crippen LogP contribution is -2.16. The lowest BCUT2D eigenvalue weighted by Gasteiger charge is -2.11. The summed E-state index contributed by atoms with van der Waals surface area (Å²) >= 11 is 0. The molecule has 2 N–H and O–H groups in total. The number of rotatable bonds is 5. The number of carbonyl (C=O) groups excluding carboxylic acids is 1. The number of hydrogen-bond donors (Lipinski definition) is 2. The molecular weight excluding hydrogens is 368 g/mol. The van der Waals surface area contributed by atoms with Crippen molar-refractivity contribution in [1.82, 2.24) is 9.97 Å². The Labute approximate surface area is 169 Å². The fourth-order valence-electron chi connectivity index (χ4n) is 3.16. The smallest absolute Gasteiger partial charge is 0.274 e. The highest BCUT2D eigenvalue weighted by atomic mass is 16.7. The summed E-state index contributed by atoms with van der Waals surface area (Å²) < 4.78 is 10.7. The first-order valence-corrected chi connectivity index (χ1v) is 9.34. The van der Waals surface area contributed by atoms with Crippen LogP contribution in [0.3, 0.4) is 0 Å². The number of hydrogen-bond acceptors (Lipinski definition) is 6. The summed E-state index contributed by atoms with van der Waals surface area (Å²) in [5.74, 6) is 2.31. The lowest BCUT2D eigenvalue weighted by molar-refractivity contribution is 0.102. The van der Waals surface area contributed by atoms with Crippen molar-refractivity contribution in [2.45, 2.75) is 27.3 Å². The second-order valence-corrected chi connectivity index (χ2v) is 7.00. The number of aryl methyl sites for hydroxylation is 3. The largest absolute Gasteiger partial charge is 0.454 e. The minimum Gasteiger partial charge on any atom is -0.454 e. The molecule has 2 aromatic carbocycles. The zero-order valence-electron chi connectivity index (χ0n) is 16.6. The van der Waals surface area contributed by atoms with Crippen LogP contribution in [0.15, 0.2) is 42.5 Å². The Hall–Kier alpha value is -3.61. The number of nitrogens with zero attached hydrogens (tertiary/aromatic N) is 2. The van der Waals surface area contributed by atoms with Crippen molar-refractivity contribution in [3.8, 4) is 11.5 Å². The molecule has 7 nitrogen and oxygen atoms in total. The first-order valence-electron chi connectivity index (χ1n) is 9.34. The summed E-state index contributed by atoms with van der Waals surface area (Å²) in [5, 5.41) is 6.17. The van der Waals surface area contributed by atoms with E-state index in [9.17, 15) is 4.79 Å². The van der Waals surface area contributed by atoms with Crippen LogP contribution < -0.4 is 20.1 Å². The number of anilines is 2. The van der Waals surface area contributed by atoms with E-state index in [2.05, 4.69) is 20.6 Å². The molecule has 0 spiro atoms. The van der Waals surface area contributed by atoms with Crippen molar-refractivity contribution in [1.29, 1.82) is 0 Å². The molecule has 0 unspecified atom stereocenters. The standard InChI is InChI=1S/C22H22N4O3/c1-13-4-6-17(14(2)8-13)26-22(27)18-10-21(25-15(3)24-18)23-11-16-5-7-19-20(9-16)29-12-28-19/h4-10H,11-12H2,1-3H3,(H,26,27)(H,23,24,25). The normalized spacial score (nSPS) is 12.0. The Balaban J connectivity index is 1.47. The molecule has 2 heterocycles. The van der Waals surface area contributed by atoms with Crippen LogP contribution in [-0.2, 0) is 6.54 Å². The Bertz CT molecular complexity index is 1080. The van der Waals surface area contributed by atoms with Crippen LogP contribution in [0.5, 0.6) is 11.5 Å². The second-order valence-electron chi connectivity index (χ2n) is 7.00. The third-order valence-electron chi connectivity index (χ3n) is 4.61. The molecule has 4 rings (SSSR count). The lowest BCUT2D eigenvalue weighted by atomic mass is 10.1. The van der Waals surface area contributed by atoms with Crippen molar-refractivity contribution in [2.24, 2.45) is 0 Å². The summed E-state index contributed by atoms with van der Waals surface area (Å²) in [6.07, 6.45) is 0. The van der Waals surface area contributed by atoms with Gasteiger partial charge in [0, 0.05) is 18.3 Å². The van der Waals surface area contributed by atoms with Gasteiger partial charge >= 0.3 is 0 Å². The van der Waals surface area contributed by atoms with Crippen molar-refractivity contribution >= 4 is 17.4 Å². The quantitative estimate of drug-likeness (QED) is 0.685. The van der Waals surface area contributed by atoms with E-state index in [4.69, 9.17) is 9.47 Å². The van der Waals surface area contributed by atoms with Gasteiger partial charge in [-0.1, -0.05) is 23.8 Å². The molecular formula is C22H22N4O3. The Morgan fingerprint density at radius 1 is 1.00 bits per heavy atom. The van der Waals surface area contributed by atoms with Gasteiger partial charge in [0.05, 0.1) is 0 Å². The number of fused-ring (bicyclic) bond motifs is 1. The van der Waals surface area contributed by atoms with Crippen LogP contribution in [0, 0.1) is 20.8 Å². The SMILES string of the molecule is Cc1ccc(NC(=O)c2cc(NCc3ccc4c(c3)OCO4)nc(C)n2)c(C)c1. The predicted molar refractivity (Wildman–Crippen MR) is 111 cm³/mol. The van der Waals surface area contributed by atoms with Gasteiger partial charge in [0.2, 0.25) is 6.79 Å². The summed E-state index contributed by atoms with van der Waals surface area (Å²) in [6, 6.07) is 13.3. The average Bonchev–Trinajstić information content (AvgIpc) is 3.16. The molecule has 0 atom stereocenters. The van der Waals surface area contributed by atoms with Gasteiger partial charge < -0.3 is 20.1 Å². The van der Waals surface area contributed by atoms with Gasteiger partial charge in [-0.05, 0) is 50.1 Å². The highest BCUT2D eigenvalue weighted by Crippen LogP contribution is 2.32. The van der Waals surface area contributed by atoms with E-state index in [0.717, 1.165) is 33.9 Å². The van der Waals surface area contributed by atoms with Crippen LogP contribution in [0.4, 0.5) is 11.5 Å². The highest BCUT2D eigenvalue weighted by Gasteiger charge is 2.14. The van der Waals surface area contributed by atoms with E-state index >= 15 is 0 Å². The number of benzene rings is 2. The number of nitrogens with one attached hydrogen (secondary N) is 2. The van der Waals surface area contributed by atoms with Gasteiger partial charge in [0.15, 0.2) is 11.5 Å². The van der Waals surface area contributed by atoms with Crippen molar-refractivity contribution in [3.63, 3.8) is 0 Å². The van der Waals surface area contributed by atoms with Crippen LogP contribution in [0.2, 0.25) is 0 Å². The summed E-state index contributed by atoms with van der Waals surface area (Å²) in [5.41, 5.74) is 4.25. The molecule has 29 heavy (non-hydrogen) atoms. The molecule has 0 saturated heterocycles. The van der Waals surface area contributed by atoms with E-state index in [1.54, 1.807) is 13.0 Å². The second kappa shape index (κ2) is 7.79. The summed E-state index contributed by atoms with van der Waals surface area (Å²) in [4.78, 5) is 21.4. The van der Waals surface area contributed by atoms with Crippen molar-refractivity contribution < 1.29 is 14.3 Å². The Morgan fingerprint density at radius 2 is 1.83 bits per heavy atom. The van der Waals surface area contributed by atoms with E-state index in [1.165, 1.54) is 0 Å². The van der Waals surface area contributed by atoms with Gasteiger partial charge in [0.25, 0.3) is 5.91 Å². The topological polar surface area (TPSA) is 85.4 Å². The summed E-state index contributed by atoms with van der Waals surface area (Å²) in [7, 11) is 0. The molecule has 7 heteroatoms.